The zero-order chi connectivity index (χ0) is 26.1. The zero-order valence-corrected chi connectivity index (χ0v) is 22.5. The number of hydrogen-bond donors (Lipinski definition) is 1. The van der Waals surface area contributed by atoms with Crippen molar-refractivity contribution in [2.45, 2.75) is 64.7 Å². The van der Waals surface area contributed by atoms with Crippen molar-refractivity contribution in [2.24, 2.45) is 4.99 Å². The van der Waals surface area contributed by atoms with Crippen molar-refractivity contribution < 1.29 is 22.7 Å². The summed E-state index contributed by atoms with van der Waals surface area (Å²) in [5.41, 5.74) is 2.83. The number of ether oxygens (including phenoxy) is 2. The highest BCUT2D eigenvalue weighted by Crippen LogP contribution is 2.37. The number of pyridine rings is 1. The lowest BCUT2D eigenvalue weighted by Gasteiger charge is -2.17. The van der Waals surface area contributed by atoms with Crippen molar-refractivity contribution in [3.63, 3.8) is 0 Å². The molecule has 3 aromatic rings. The lowest BCUT2D eigenvalue weighted by atomic mass is 10.2. The second-order valence-electron chi connectivity index (χ2n) is 8.41. The Morgan fingerprint density at radius 1 is 1.17 bits per heavy atom. The Hall–Kier alpha value is -2.98. The minimum atomic E-state index is -0.750. The van der Waals surface area contributed by atoms with Crippen molar-refractivity contribution in [3.8, 4) is 17.2 Å². The fraction of sp³-hybridized carbons (Fsp3) is 0.423. The van der Waals surface area contributed by atoms with Gasteiger partial charge in [0.15, 0.2) is 0 Å². The molecule has 0 fully saturated rings. The van der Waals surface area contributed by atoms with Crippen LogP contribution in [-0.2, 0) is 16.4 Å². The van der Waals surface area contributed by atoms with Crippen LogP contribution in [-0.4, -0.2) is 47.1 Å². The molecule has 1 unspecified atom stereocenters. The summed E-state index contributed by atoms with van der Waals surface area (Å²) < 4.78 is 29.1. The fourth-order valence-corrected chi connectivity index (χ4v) is 4.93. The fourth-order valence-electron chi connectivity index (χ4n) is 3.81. The van der Waals surface area contributed by atoms with Gasteiger partial charge in [0.2, 0.25) is 0 Å². The van der Waals surface area contributed by atoms with Crippen LogP contribution in [0.3, 0.4) is 0 Å². The third kappa shape index (κ3) is 7.27. The molecule has 1 N–H and O–H groups in total. The summed E-state index contributed by atoms with van der Waals surface area (Å²) in [5, 5.41) is 2.16. The first-order valence-corrected chi connectivity index (χ1v) is 13.5. The standard InChI is InChI=1S/C26H31N3O3S.O2S/c1-5-18(30)12-22-15-28-26(33-22)23-11-17-10-21(31-20-9-8-16(4)27-14-20)13-24(25(17)29-23)32-19(6-2)7-3;1-3-2/h8-11,13-14,19,22,29H,5-7,12,15H2,1-4H3;. The number of thioether (sulfide) groups is 1. The summed E-state index contributed by atoms with van der Waals surface area (Å²) in [6, 6.07) is 9.88. The molecule has 0 aliphatic carbocycles. The topological polar surface area (TPSA) is 111 Å². The highest BCUT2D eigenvalue weighted by atomic mass is 32.2. The number of aryl methyl sites for hydroxylation is 1. The third-order valence-electron chi connectivity index (χ3n) is 5.79. The summed E-state index contributed by atoms with van der Waals surface area (Å²) in [5.74, 6) is 2.44. The summed E-state index contributed by atoms with van der Waals surface area (Å²) in [6.45, 7) is 8.80. The molecule has 0 saturated heterocycles. The zero-order valence-electron chi connectivity index (χ0n) is 20.9. The van der Waals surface area contributed by atoms with Crippen LogP contribution >= 0.6 is 11.8 Å². The third-order valence-corrected chi connectivity index (χ3v) is 7.01. The minimum absolute atomic E-state index is 0.124. The van der Waals surface area contributed by atoms with E-state index >= 15 is 0 Å². The number of fused-ring (bicyclic) bond motifs is 1. The second-order valence-corrected chi connectivity index (χ2v) is 9.84. The van der Waals surface area contributed by atoms with Gasteiger partial charge in [-0.25, -0.2) is 0 Å². The highest BCUT2D eigenvalue weighted by molar-refractivity contribution is 8.15. The molecule has 0 saturated carbocycles. The Bertz CT molecular complexity index is 1250. The normalized spacial score (nSPS) is 14.8. The molecule has 0 radical (unpaired) electrons. The van der Waals surface area contributed by atoms with Crippen LogP contribution in [0.4, 0.5) is 0 Å². The van der Waals surface area contributed by atoms with Crippen molar-refractivity contribution in [1.29, 1.82) is 0 Å². The van der Waals surface area contributed by atoms with E-state index in [1.807, 2.05) is 38.1 Å². The lowest BCUT2D eigenvalue weighted by molar-refractivity contribution is -0.118. The Labute approximate surface area is 218 Å². The van der Waals surface area contributed by atoms with Crippen molar-refractivity contribution in [1.82, 2.24) is 9.97 Å². The van der Waals surface area contributed by atoms with Gasteiger partial charge in [-0.05, 0) is 44.0 Å². The number of aliphatic imine (C=N–C) groups is 1. The molecule has 1 aromatic carbocycles. The van der Waals surface area contributed by atoms with E-state index < -0.39 is 11.6 Å². The van der Waals surface area contributed by atoms with Crippen LogP contribution in [0.25, 0.3) is 10.9 Å². The van der Waals surface area contributed by atoms with Gasteiger partial charge in [0.25, 0.3) is 0 Å². The summed E-state index contributed by atoms with van der Waals surface area (Å²) >= 11 is 0.927. The number of H-pyrrole nitrogens is 1. The molecular formula is C26H31N3O5S2. The molecular weight excluding hydrogens is 498 g/mol. The van der Waals surface area contributed by atoms with Gasteiger partial charge in [-0.1, -0.05) is 32.5 Å². The second kappa shape index (κ2) is 13.4. The molecule has 8 nitrogen and oxygen atoms in total. The number of rotatable bonds is 10. The number of benzene rings is 1. The number of Topliss-reactive ketones (excluding diaryl/α,β-unsaturated/α-hetero) is 1. The Morgan fingerprint density at radius 3 is 2.56 bits per heavy atom. The summed E-state index contributed by atoms with van der Waals surface area (Å²) in [7, 11) is 0. The van der Waals surface area contributed by atoms with Crippen LogP contribution < -0.4 is 9.47 Å². The van der Waals surface area contributed by atoms with Crippen molar-refractivity contribution >= 4 is 45.1 Å². The SMILES string of the molecule is CCC(=O)CC1CN=C(c2cc3cc(Oc4ccc(C)nc4)cc(OC(CC)CC)c3[nH]2)S1.O=S=O. The number of ketones is 1. The molecule has 0 amide bonds. The minimum Gasteiger partial charge on any atom is -0.488 e. The van der Waals surface area contributed by atoms with Gasteiger partial charge < -0.3 is 14.5 Å². The first-order valence-electron chi connectivity index (χ1n) is 12.0. The predicted octanol–water partition coefficient (Wildman–Crippen LogP) is 5.79. The molecule has 192 valence electrons. The van der Waals surface area contributed by atoms with E-state index in [0.29, 0.717) is 30.9 Å². The molecule has 3 heterocycles. The van der Waals surface area contributed by atoms with E-state index in [9.17, 15) is 4.79 Å². The van der Waals surface area contributed by atoms with Gasteiger partial charge >= 0.3 is 11.6 Å². The Balaban J connectivity index is 0.00000115. The van der Waals surface area contributed by atoms with Crippen LogP contribution in [0.15, 0.2) is 41.5 Å². The molecule has 4 rings (SSSR count). The Kier molecular flexibility index (Phi) is 10.2. The summed E-state index contributed by atoms with van der Waals surface area (Å²) in [4.78, 5) is 24.4. The van der Waals surface area contributed by atoms with E-state index in [1.54, 1.807) is 18.0 Å². The monoisotopic (exact) mass is 529 g/mol. The summed E-state index contributed by atoms with van der Waals surface area (Å²) in [6.07, 6.45) is 4.85. The van der Waals surface area contributed by atoms with E-state index in [4.69, 9.17) is 22.9 Å². The lowest BCUT2D eigenvalue weighted by Crippen LogP contribution is -2.13. The van der Waals surface area contributed by atoms with Gasteiger partial charge in [0.1, 0.15) is 28.1 Å². The van der Waals surface area contributed by atoms with E-state index in [0.717, 1.165) is 45.9 Å². The smallest absolute Gasteiger partial charge is 0.335 e. The highest BCUT2D eigenvalue weighted by Gasteiger charge is 2.24. The number of hydrogen-bond acceptors (Lipinski definition) is 8. The van der Waals surface area contributed by atoms with E-state index in [1.165, 1.54) is 0 Å². The number of carbonyl (C=O) groups excluding carboxylic acids is 1. The number of nitrogens with one attached hydrogen (secondary N) is 1. The van der Waals surface area contributed by atoms with Crippen LogP contribution in [0.5, 0.6) is 17.2 Å². The number of carbonyl (C=O) groups is 1. The van der Waals surface area contributed by atoms with Gasteiger partial charge in [-0.2, -0.15) is 8.42 Å². The molecule has 36 heavy (non-hydrogen) atoms. The molecule has 0 bridgehead atoms. The van der Waals surface area contributed by atoms with E-state index in [-0.39, 0.29) is 17.1 Å². The van der Waals surface area contributed by atoms with Crippen LogP contribution in [0.1, 0.15) is 57.8 Å². The number of nitrogens with zero attached hydrogens (tertiary/aromatic N) is 2. The average molecular weight is 530 g/mol. The maximum absolute atomic E-state index is 11.9. The number of aromatic nitrogens is 2. The molecule has 1 aliphatic rings. The van der Waals surface area contributed by atoms with Gasteiger partial charge in [0.05, 0.1) is 30.1 Å². The van der Waals surface area contributed by atoms with E-state index in [2.05, 4.69) is 29.9 Å². The van der Waals surface area contributed by atoms with Gasteiger partial charge in [0, 0.05) is 35.2 Å². The van der Waals surface area contributed by atoms with Crippen LogP contribution in [0, 0.1) is 6.92 Å². The van der Waals surface area contributed by atoms with Gasteiger partial charge in [-0.15, -0.1) is 0 Å². The maximum atomic E-state index is 11.9. The predicted molar refractivity (Wildman–Crippen MR) is 144 cm³/mol. The molecule has 2 aromatic heterocycles. The first-order chi connectivity index (χ1) is 17.4. The maximum Gasteiger partial charge on any atom is 0.335 e. The number of aromatic amines is 1. The van der Waals surface area contributed by atoms with Crippen LogP contribution in [0.2, 0.25) is 0 Å². The Morgan fingerprint density at radius 2 is 1.92 bits per heavy atom. The van der Waals surface area contributed by atoms with Crippen molar-refractivity contribution in [3.05, 3.63) is 47.9 Å². The van der Waals surface area contributed by atoms with Gasteiger partial charge in [-0.3, -0.25) is 14.8 Å². The molecule has 10 heteroatoms. The molecule has 0 spiro atoms. The average Bonchev–Trinajstić information content (AvgIpc) is 3.51. The molecule has 1 aliphatic heterocycles. The first kappa shape index (κ1) is 27.6. The largest absolute Gasteiger partial charge is 0.488 e. The quantitative estimate of drug-likeness (QED) is 0.354. The van der Waals surface area contributed by atoms with Crippen molar-refractivity contribution in [2.75, 3.05) is 6.54 Å². The molecule has 1 atom stereocenters.